The molecule has 1 aliphatic heterocycles. The highest BCUT2D eigenvalue weighted by Gasteiger charge is 2.17. The molecule has 0 bridgehead atoms. The monoisotopic (exact) mass is 192 g/mol. The SMILES string of the molecule is CN(C)C=NC1N=CNc2nc[nH]c21. The summed E-state index contributed by atoms with van der Waals surface area (Å²) >= 11 is 0. The predicted octanol–water partition coefficient (Wildman–Crippen LogP) is 0.452. The Kier molecular flexibility index (Phi) is 2.18. The first-order valence-corrected chi connectivity index (χ1v) is 4.28. The molecular weight excluding hydrogens is 180 g/mol. The van der Waals surface area contributed by atoms with Gasteiger partial charge in [-0.1, -0.05) is 0 Å². The van der Waals surface area contributed by atoms with Crippen LogP contribution >= 0.6 is 0 Å². The van der Waals surface area contributed by atoms with E-state index in [1.165, 1.54) is 0 Å². The molecule has 14 heavy (non-hydrogen) atoms. The third-order valence-electron chi connectivity index (χ3n) is 1.78. The Balaban J connectivity index is 2.21. The summed E-state index contributed by atoms with van der Waals surface area (Å²) in [6.07, 6.45) is 4.76. The average Bonchev–Trinajstić information content (AvgIpc) is 2.62. The number of H-pyrrole nitrogens is 1. The molecule has 0 aromatic carbocycles. The second-order valence-corrected chi connectivity index (χ2v) is 3.19. The molecule has 6 heteroatoms. The van der Waals surface area contributed by atoms with Crippen LogP contribution in [0.1, 0.15) is 11.9 Å². The number of aliphatic imine (C=N–C) groups is 2. The minimum atomic E-state index is -0.212. The van der Waals surface area contributed by atoms with Crippen LogP contribution in [-0.4, -0.2) is 41.6 Å². The lowest BCUT2D eigenvalue weighted by atomic mass is 10.3. The van der Waals surface area contributed by atoms with E-state index >= 15 is 0 Å². The minimum absolute atomic E-state index is 0.212. The van der Waals surface area contributed by atoms with Crippen molar-refractivity contribution in [2.75, 3.05) is 19.4 Å². The van der Waals surface area contributed by atoms with E-state index in [9.17, 15) is 0 Å². The van der Waals surface area contributed by atoms with Crippen molar-refractivity contribution in [1.29, 1.82) is 0 Å². The first-order valence-electron chi connectivity index (χ1n) is 4.28. The van der Waals surface area contributed by atoms with E-state index in [4.69, 9.17) is 0 Å². The van der Waals surface area contributed by atoms with Gasteiger partial charge in [0.25, 0.3) is 0 Å². The maximum atomic E-state index is 4.29. The van der Waals surface area contributed by atoms with E-state index in [2.05, 4.69) is 25.3 Å². The molecular formula is C8H12N6. The largest absolute Gasteiger partial charge is 0.369 e. The number of nitrogens with one attached hydrogen (secondary N) is 2. The second kappa shape index (κ2) is 3.49. The van der Waals surface area contributed by atoms with Crippen molar-refractivity contribution in [3.8, 4) is 0 Å². The molecule has 0 radical (unpaired) electrons. The molecule has 74 valence electrons. The summed E-state index contributed by atoms with van der Waals surface area (Å²) in [4.78, 5) is 17.4. The quantitative estimate of drug-likeness (QED) is 0.528. The Morgan fingerprint density at radius 2 is 2.43 bits per heavy atom. The van der Waals surface area contributed by atoms with Crippen LogP contribution in [0.2, 0.25) is 0 Å². The molecule has 0 saturated carbocycles. The highest BCUT2D eigenvalue weighted by Crippen LogP contribution is 2.25. The van der Waals surface area contributed by atoms with E-state index in [-0.39, 0.29) is 6.17 Å². The number of nitrogens with zero attached hydrogens (tertiary/aromatic N) is 4. The zero-order valence-corrected chi connectivity index (χ0v) is 8.10. The molecule has 0 spiro atoms. The van der Waals surface area contributed by atoms with Crippen LogP contribution < -0.4 is 5.32 Å². The van der Waals surface area contributed by atoms with Crippen molar-refractivity contribution in [3.63, 3.8) is 0 Å². The molecule has 0 fully saturated rings. The lowest BCUT2D eigenvalue weighted by Gasteiger charge is -2.13. The molecule has 2 rings (SSSR count). The van der Waals surface area contributed by atoms with Gasteiger partial charge in [0.15, 0.2) is 12.0 Å². The van der Waals surface area contributed by atoms with Gasteiger partial charge >= 0.3 is 0 Å². The highest BCUT2D eigenvalue weighted by molar-refractivity contribution is 5.77. The number of imidazole rings is 1. The van der Waals surface area contributed by atoms with Crippen molar-refractivity contribution in [3.05, 3.63) is 12.0 Å². The standard InChI is InChI=1S/C8H12N6/c1-14(2)5-13-8-6-7(10-3-9-6)11-4-12-8/h3-5,8H,1-2H3,(H,9,10)(H,11,12). The van der Waals surface area contributed by atoms with Gasteiger partial charge in [0.1, 0.15) is 5.69 Å². The Morgan fingerprint density at radius 3 is 3.21 bits per heavy atom. The summed E-state index contributed by atoms with van der Waals surface area (Å²) in [5, 5.41) is 2.94. The third kappa shape index (κ3) is 1.59. The molecule has 0 aliphatic carbocycles. The first kappa shape index (κ1) is 8.74. The fourth-order valence-corrected chi connectivity index (χ4v) is 1.17. The number of aromatic nitrogens is 2. The van der Waals surface area contributed by atoms with Crippen LogP contribution in [-0.2, 0) is 0 Å². The van der Waals surface area contributed by atoms with Gasteiger partial charge in [-0.25, -0.2) is 15.0 Å². The maximum Gasteiger partial charge on any atom is 0.186 e. The minimum Gasteiger partial charge on any atom is -0.369 e. The Bertz CT molecular complexity index is 364. The zero-order chi connectivity index (χ0) is 9.97. The maximum absolute atomic E-state index is 4.29. The average molecular weight is 192 g/mol. The number of hydrogen-bond donors (Lipinski definition) is 2. The lowest BCUT2D eigenvalue weighted by molar-refractivity contribution is 0.625. The van der Waals surface area contributed by atoms with Gasteiger partial charge < -0.3 is 15.2 Å². The number of anilines is 1. The van der Waals surface area contributed by atoms with Gasteiger partial charge in [0, 0.05) is 14.1 Å². The van der Waals surface area contributed by atoms with Crippen molar-refractivity contribution < 1.29 is 0 Å². The van der Waals surface area contributed by atoms with Gasteiger partial charge in [0.05, 0.1) is 19.0 Å². The number of aromatic amines is 1. The van der Waals surface area contributed by atoms with E-state index in [0.29, 0.717) is 0 Å². The summed E-state index contributed by atoms with van der Waals surface area (Å²) in [6.45, 7) is 0. The Morgan fingerprint density at radius 1 is 1.57 bits per heavy atom. The number of rotatable bonds is 2. The number of hydrogen-bond acceptors (Lipinski definition) is 4. The molecule has 1 aliphatic rings. The van der Waals surface area contributed by atoms with Crippen LogP contribution in [0.5, 0.6) is 0 Å². The van der Waals surface area contributed by atoms with Crippen molar-refractivity contribution >= 4 is 18.5 Å². The first-order chi connectivity index (χ1) is 6.77. The summed E-state index contributed by atoms with van der Waals surface area (Å²) in [6, 6.07) is 0. The highest BCUT2D eigenvalue weighted by atomic mass is 15.2. The van der Waals surface area contributed by atoms with Crippen LogP contribution in [0.3, 0.4) is 0 Å². The van der Waals surface area contributed by atoms with Gasteiger partial charge in [-0.05, 0) is 0 Å². The summed E-state index contributed by atoms with van der Waals surface area (Å²) in [7, 11) is 3.84. The topological polar surface area (TPSA) is 68.7 Å². The van der Waals surface area contributed by atoms with Gasteiger partial charge in [-0.2, -0.15) is 0 Å². The predicted molar refractivity (Wildman–Crippen MR) is 55.6 cm³/mol. The normalized spacial score (nSPS) is 19.4. The lowest BCUT2D eigenvalue weighted by Crippen LogP contribution is -2.12. The van der Waals surface area contributed by atoms with Gasteiger partial charge in [0.2, 0.25) is 0 Å². The van der Waals surface area contributed by atoms with Crippen LogP contribution in [0.25, 0.3) is 0 Å². The molecule has 0 saturated heterocycles. The van der Waals surface area contributed by atoms with Crippen molar-refractivity contribution in [2.24, 2.45) is 9.98 Å². The zero-order valence-electron chi connectivity index (χ0n) is 8.10. The van der Waals surface area contributed by atoms with Crippen LogP contribution in [0.15, 0.2) is 16.3 Å². The molecule has 1 aromatic heterocycles. The Hall–Kier alpha value is -1.85. The van der Waals surface area contributed by atoms with E-state index in [1.807, 2.05) is 19.0 Å². The molecule has 1 atom stereocenters. The Labute approximate surface area is 81.8 Å². The second-order valence-electron chi connectivity index (χ2n) is 3.19. The van der Waals surface area contributed by atoms with Crippen LogP contribution in [0, 0.1) is 0 Å². The third-order valence-corrected chi connectivity index (χ3v) is 1.78. The van der Waals surface area contributed by atoms with E-state index in [1.54, 1.807) is 19.0 Å². The fraction of sp³-hybridized carbons (Fsp3) is 0.375. The van der Waals surface area contributed by atoms with Gasteiger partial charge in [-0.15, -0.1) is 0 Å². The summed E-state index contributed by atoms with van der Waals surface area (Å²) < 4.78 is 0. The smallest absolute Gasteiger partial charge is 0.186 e. The molecule has 6 nitrogen and oxygen atoms in total. The van der Waals surface area contributed by atoms with E-state index in [0.717, 1.165) is 11.5 Å². The number of fused-ring (bicyclic) bond motifs is 1. The van der Waals surface area contributed by atoms with Crippen molar-refractivity contribution in [1.82, 2.24) is 14.9 Å². The van der Waals surface area contributed by atoms with Crippen molar-refractivity contribution in [2.45, 2.75) is 6.17 Å². The molecule has 1 aromatic rings. The summed E-state index contributed by atoms with van der Waals surface area (Å²) in [5.74, 6) is 0.793. The molecule has 2 heterocycles. The molecule has 1 unspecified atom stereocenters. The molecule has 0 amide bonds. The van der Waals surface area contributed by atoms with Crippen LogP contribution in [0.4, 0.5) is 5.82 Å². The fourth-order valence-electron chi connectivity index (χ4n) is 1.17. The summed E-state index contributed by atoms with van der Waals surface area (Å²) in [5.41, 5.74) is 0.894. The van der Waals surface area contributed by atoms with E-state index < -0.39 is 0 Å². The van der Waals surface area contributed by atoms with Gasteiger partial charge in [-0.3, -0.25) is 0 Å². The molecule has 2 N–H and O–H groups in total.